The second kappa shape index (κ2) is 4.31. The molecule has 2 saturated heterocycles. The molecule has 1 unspecified atom stereocenters. The van der Waals surface area contributed by atoms with Gasteiger partial charge in [-0.1, -0.05) is 0 Å². The van der Waals surface area contributed by atoms with Crippen LogP contribution in [0.2, 0.25) is 5.28 Å². The molecule has 0 aliphatic carbocycles. The van der Waals surface area contributed by atoms with Gasteiger partial charge >= 0.3 is 0 Å². The van der Waals surface area contributed by atoms with E-state index in [2.05, 4.69) is 29.7 Å². The Balaban J connectivity index is 1.72. The van der Waals surface area contributed by atoms with Crippen LogP contribution < -0.4 is 4.90 Å². The SMILES string of the molecule is Clc1nc(N2CCN3CCCC3C2)c2[nH]cnc2n1. The lowest BCUT2D eigenvalue weighted by Crippen LogP contribution is -2.50. The van der Waals surface area contributed by atoms with Crippen LogP contribution in [0.5, 0.6) is 0 Å². The van der Waals surface area contributed by atoms with Crippen molar-refractivity contribution in [2.45, 2.75) is 18.9 Å². The fraction of sp³-hybridized carbons (Fsp3) is 0.583. The highest BCUT2D eigenvalue weighted by Gasteiger charge is 2.32. The number of nitrogens with one attached hydrogen (secondary N) is 1. The Morgan fingerprint density at radius 3 is 3.16 bits per heavy atom. The molecule has 2 aliphatic rings. The summed E-state index contributed by atoms with van der Waals surface area (Å²) in [7, 11) is 0. The number of imidazole rings is 1. The van der Waals surface area contributed by atoms with Crippen LogP contribution in [0.25, 0.3) is 11.2 Å². The lowest BCUT2D eigenvalue weighted by molar-refractivity contribution is 0.230. The minimum Gasteiger partial charge on any atom is -0.352 e. The van der Waals surface area contributed by atoms with E-state index in [0.717, 1.165) is 31.0 Å². The molecule has 0 amide bonds. The van der Waals surface area contributed by atoms with Crippen molar-refractivity contribution in [1.29, 1.82) is 0 Å². The zero-order valence-corrected chi connectivity index (χ0v) is 11.3. The summed E-state index contributed by atoms with van der Waals surface area (Å²) in [6, 6.07) is 0.653. The van der Waals surface area contributed by atoms with Gasteiger partial charge in [-0.15, -0.1) is 0 Å². The molecule has 4 heterocycles. The molecular weight excluding hydrogens is 264 g/mol. The topological polar surface area (TPSA) is 60.9 Å². The van der Waals surface area contributed by atoms with Crippen molar-refractivity contribution in [3.63, 3.8) is 0 Å². The van der Waals surface area contributed by atoms with E-state index in [4.69, 9.17) is 11.6 Å². The number of fused-ring (bicyclic) bond motifs is 2. The van der Waals surface area contributed by atoms with Gasteiger partial charge in [0.2, 0.25) is 5.28 Å². The molecule has 100 valence electrons. The first-order valence-electron chi connectivity index (χ1n) is 6.67. The summed E-state index contributed by atoms with van der Waals surface area (Å²) in [6.45, 7) is 4.34. The van der Waals surface area contributed by atoms with E-state index in [-0.39, 0.29) is 5.28 Å². The average Bonchev–Trinajstić information content (AvgIpc) is 3.04. The van der Waals surface area contributed by atoms with E-state index in [1.807, 2.05) is 0 Å². The van der Waals surface area contributed by atoms with Crippen molar-refractivity contribution >= 4 is 28.6 Å². The van der Waals surface area contributed by atoms with E-state index in [1.165, 1.54) is 19.4 Å². The van der Waals surface area contributed by atoms with Gasteiger partial charge in [0.05, 0.1) is 6.33 Å². The van der Waals surface area contributed by atoms with Crippen molar-refractivity contribution in [3.05, 3.63) is 11.6 Å². The summed E-state index contributed by atoms with van der Waals surface area (Å²) < 4.78 is 0. The maximum atomic E-state index is 6.00. The second-order valence-corrected chi connectivity index (χ2v) is 5.53. The summed E-state index contributed by atoms with van der Waals surface area (Å²) in [5, 5.41) is 0.267. The zero-order valence-electron chi connectivity index (χ0n) is 10.5. The molecule has 0 spiro atoms. The van der Waals surface area contributed by atoms with Gasteiger partial charge in [-0.25, -0.2) is 4.98 Å². The zero-order chi connectivity index (χ0) is 12.8. The smallest absolute Gasteiger partial charge is 0.226 e. The minimum atomic E-state index is 0.267. The lowest BCUT2D eigenvalue weighted by atomic mass is 10.1. The molecular formula is C12H15ClN6. The molecule has 0 radical (unpaired) electrons. The number of nitrogens with zero attached hydrogens (tertiary/aromatic N) is 5. The number of H-pyrrole nitrogens is 1. The molecule has 2 aliphatic heterocycles. The number of aromatic amines is 1. The number of hydrogen-bond donors (Lipinski definition) is 1. The molecule has 19 heavy (non-hydrogen) atoms. The Morgan fingerprint density at radius 1 is 1.26 bits per heavy atom. The minimum absolute atomic E-state index is 0.267. The maximum absolute atomic E-state index is 6.00. The third-order valence-electron chi connectivity index (χ3n) is 4.13. The Labute approximate surface area is 115 Å². The van der Waals surface area contributed by atoms with Crippen molar-refractivity contribution in [1.82, 2.24) is 24.8 Å². The fourth-order valence-corrected chi connectivity index (χ4v) is 3.36. The van der Waals surface area contributed by atoms with Crippen molar-refractivity contribution in [2.24, 2.45) is 0 Å². The molecule has 4 rings (SSSR count). The van der Waals surface area contributed by atoms with E-state index >= 15 is 0 Å². The van der Waals surface area contributed by atoms with Gasteiger partial charge in [0.15, 0.2) is 11.5 Å². The number of hydrogen-bond acceptors (Lipinski definition) is 5. The highest BCUT2D eigenvalue weighted by Crippen LogP contribution is 2.28. The Hall–Kier alpha value is -1.40. The van der Waals surface area contributed by atoms with E-state index in [9.17, 15) is 0 Å². The van der Waals surface area contributed by atoms with Crippen LogP contribution in [-0.2, 0) is 0 Å². The van der Waals surface area contributed by atoms with Crippen LogP contribution in [0.1, 0.15) is 12.8 Å². The van der Waals surface area contributed by atoms with Gasteiger partial charge in [-0.2, -0.15) is 9.97 Å². The molecule has 2 fully saturated rings. The van der Waals surface area contributed by atoms with Crippen LogP contribution in [0, 0.1) is 0 Å². The standard InChI is InChI=1S/C12H15ClN6/c13-12-16-10-9(14-7-15-10)11(17-12)19-5-4-18-3-1-2-8(18)6-19/h7-8H,1-6H2,(H,14,15,16,17). The first kappa shape index (κ1) is 11.4. The number of anilines is 1. The molecule has 0 aromatic carbocycles. The van der Waals surface area contributed by atoms with Crippen LogP contribution in [0.15, 0.2) is 6.33 Å². The summed E-state index contributed by atoms with van der Waals surface area (Å²) in [6.07, 6.45) is 4.23. The lowest BCUT2D eigenvalue weighted by Gasteiger charge is -2.38. The molecule has 2 aromatic heterocycles. The van der Waals surface area contributed by atoms with Crippen molar-refractivity contribution < 1.29 is 0 Å². The first-order valence-corrected chi connectivity index (χ1v) is 7.05. The molecule has 6 nitrogen and oxygen atoms in total. The quantitative estimate of drug-likeness (QED) is 0.797. The van der Waals surface area contributed by atoms with Crippen LogP contribution in [0.4, 0.5) is 5.82 Å². The van der Waals surface area contributed by atoms with Crippen LogP contribution in [-0.4, -0.2) is 57.1 Å². The van der Waals surface area contributed by atoms with Gasteiger partial charge < -0.3 is 9.88 Å². The van der Waals surface area contributed by atoms with E-state index < -0.39 is 0 Å². The molecule has 1 N–H and O–H groups in total. The van der Waals surface area contributed by atoms with Gasteiger partial charge in [-0.05, 0) is 31.0 Å². The number of rotatable bonds is 1. The molecule has 7 heteroatoms. The molecule has 2 aromatic rings. The molecule has 1 atom stereocenters. The summed E-state index contributed by atoms with van der Waals surface area (Å²) >= 11 is 6.00. The first-order chi connectivity index (χ1) is 9.31. The van der Waals surface area contributed by atoms with Crippen LogP contribution >= 0.6 is 11.6 Å². The fourth-order valence-electron chi connectivity index (χ4n) is 3.20. The predicted molar refractivity (Wildman–Crippen MR) is 73.5 cm³/mol. The third-order valence-corrected chi connectivity index (χ3v) is 4.30. The second-order valence-electron chi connectivity index (χ2n) is 5.20. The Kier molecular flexibility index (Phi) is 2.60. The van der Waals surface area contributed by atoms with Gasteiger partial charge in [0.1, 0.15) is 5.52 Å². The molecule has 0 saturated carbocycles. The Bertz CT molecular complexity index is 611. The number of piperazine rings is 1. The number of halogens is 1. The summed E-state index contributed by atoms with van der Waals surface area (Å²) in [4.78, 5) is 20.7. The Morgan fingerprint density at radius 2 is 2.21 bits per heavy atom. The predicted octanol–water partition coefficient (Wildman–Crippen LogP) is 1.29. The normalized spacial score (nSPS) is 24.1. The van der Waals surface area contributed by atoms with Gasteiger partial charge in [-0.3, -0.25) is 4.90 Å². The highest BCUT2D eigenvalue weighted by molar-refractivity contribution is 6.28. The van der Waals surface area contributed by atoms with Crippen molar-refractivity contribution in [3.8, 4) is 0 Å². The number of aromatic nitrogens is 4. The summed E-state index contributed by atoms with van der Waals surface area (Å²) in [5.74, 6) is 0.888. The van der Waals surface area contributed by atoms with E-state index in [0.29, 0.717) is 11.7 Å². The van der Waals surface area contributed by atoms with Gasteiger partial charge in [0, 0.05) is 25.7 Å². The van der Waals surface area contributed by atoms with Crippen molar-refractivity contribution in [2.75, 3.05) is 31.1 Å². The molecule has 0 bridgehead atoms. The monoisotopic (exact) mass is 278 g/mol. The van der Waals surface area contributed by atoms with Gasteiger partial charge in [0.25, 0.3) is 0 Å². The largest absolute Gasteiger partial charge is 0.352 e. The van der Waals surface area contributed by atoms with E-state index in [1.54, 1.807) is 6.33 Å². The average molecular weight is 279 g/mol. The third kappa shape index (κ3) is 1.86. The van der Waals surface area contributed by atoms with Crippen LogP contribution in [0.3, 0.4) is 0 Å². The maximum Gasteiger partial charge on any atom is 0.226 e. The highest BCUT2D eigenvalue weighted by atomic mass is 35.5. The summed E-state index contributed by atoms with van der Waals surface area (Å²) in [5.41, 5.74) is 1.53.